The van der Waals surface area contributed by atoms with Gasteiger partial charge in [0.2, 0.25) is 0 Å². The molecule has 0 aromatic heterocycles. The van der Waals surface area contributed by atoms with Gasteiger partial charge in [0.25, 0.3) is 0 Å². The number of rotatable bonds is 0. The Morgan fingerprint density at radius 3 is 0.875 bits per heavy atom. The van der Waals surface area contributed by atoms with Gasteiger partial charge in [0.15, 0.2) is 0 Å². The van der Waals surface area contributed by atoms with Crippen LogP contribution in [0.25, 0.3) is 0 Å². The van der Waals surface area contributed by atoms with Gasteiger partial charge in [-0.05, 0) is 0 Å². The summed E-state index contributed by atoms with van der Waals surface area (Å²) in [5.41, 5.74) is 0. The van der Waals surface area contributed by atoms with E-state index in [1.165, 1.54) is 0 Å². The molecule has 0 saturated heterocycles. The van der Waals surface area contributed by atoms with Gasteiger partial charge in [-0.15, -0.1) is 0 Å². The van der Waals surface area contributed by atoms with E-state index >= 15 is 0 Å². The molecule has 0 radical (unpaired) electrons. The van der Waals surface area contributed by atoms with Crippen molar-refractivity contribution in [1.29, 1.82) is 0 Å². The zero-order valence-corrected chi connectivity index (χ0v) is 14.8. The average Bonchev–Trinajstić information content (AvgIpc) is 1.45. The summed E-state index contributed by atoms with van der Waals surface area (Å²) in [4.78, 5) is 0. The van der Waals surface area contributed by atoms with E-state index in [2.05, 4.69) is 0 Å². The van der Waals surface area contributed by atoms with Crippen LogP contribution in [0.2, 0.25) is 0 Å². The third-order valence-electron chi connectivity index (χ3n) is 0. The standard InChI is InChI=1S/BH3O3.K.Na.2H2O4S/c2-1(3)4;;;2*1-5(2,3)4/h2-4H;;;2*(H2,1,2,3,4)/q;2*+1;;/p-2. The minimum Gasteiger partial charge on any atom is -0.759 e. The van der Waals surface area contributed by atoms with Gasteiger partial charge in [0.05, 0.1) is 0 Å². The fourth-order valence-electron chi connectivity index (χ4n) is 0. The third kappa shape index (κ3) is 711. The molecule has 0 rings (SSSR count). The second kappa shape index (κ2) is 15.4. The zero-order valence-electron chi connectivity index (χ0n) is 8.08. The monoisotopic (exact) mass is 318 g/mol. The van der Waals surface area contributed by atoms with E-state index in [1.807, 2.05) is 0 Å². The molecule has 0 aliphatic carbocycles. The summed E-state index contributed by atoms with van der Waals surface area (Å²) in [6.07, 6.45) is 0. The smallest absolute Gasteiger partial charge is 0.759 e. The first-order valence-electron chi connectivity index (χ1n) is 2.14. The Morgan fingerprint density at radius 2 is 0.875 bits per heavy atom. The second-order valence-corrected chi connectivity index (χ2v) is 2.91. The minimum absolute atomic E-state index is 0. The number of hydrogen-bond acceptors (Lipinski definition) is 9. The van der Waals surface area contributed by atoms with Crippen LogP contribution in [0, 0.1) is 0 Å². The van der Waals surface area contributed by atoms with Crippen LogP contribution < -0.4 is 80.9 Å². The van der Waals surface area contributed by atoms with Crippen molar-refractivity contribution in [3.63, 3.8) is 0 Å². The maximum Gasteiger partial charge on any atom is 1.00 e. The minimum atomic E-state index is -5.17. The SMILES string of the molecule is O=S(=O)(O)O.O=S(=O)([O-])[O-].OB(O)O.[K+].[Na+]. The Kier molecular flexibility index (Phi) is 29.8. The molecule has 16 heteroatoms. The molecule has 11 nitrogen and oxygen atoms in total. The van der Waals surface area contributed by atoms with Crippen LogP contribution in [-0.4, -0.2) is 57.4 Å². The molecule has 0 bridgehead atoms. The Morgan fingerprint density at radius 1 is 0.875 bits per heavy atom. The van der Waals surface area contributed by atoms with Gasteiger partial charge in [-0.1, -0.05) is 0 Å². The first kappa shape index (κ1) is 31.0. The van der Waals surface area contributed by atoms with E-state index in [1.54, 1.807) is 0 Å². The van der Waals surface area contributed by atoms with Gasteiger partial charge in [-0.25, -0.2) is 0 Å². The van der Waals surface area contributed by atoms with E-state index in [9.17, 15) is 0 Å². The van der Waals surface area contributed by atoms with Crippen molar-refractivity contribution in [2.45, 2.75) is 0 Å². The molecule has 88 valence electrons. The summed E-state index contributed by atoms with van der Waals surface area (Å²) in [6.45, 7) is 0. The van der Waals surface area contributed by atoms with Crippen molar-refractivity contribution in [1.82, 2.24) is 0 Å². The first-order valence-corrected chi connectivity index (χ1v) is 4.87. The topological polar surface area (TPSA) is 216 Å². The summed E-state index contributed by atoms with van der Waals surface area (Å²) < 4.78 is 65.7. The van der Waals surface area contributed by atoms with Gasteiger partial charge < -0.3 is 24.2 Å². The van der Waals surface area contributed by atoms with Crippen LogP contribution in [0.15, 0.2) is 0 Å². The second-order valence-electron chi connectivity index (χ2n) is 1.20. The van der Waals surface area contributed by atoms with Crippen LogP contribution >= 0.6 is 0 Å². The first-order chi connectivity index (χ1) is 5.73. The molecule has 0 amide bonds. The summed E-state index contributed by atoms with van der Waals surface area (Å²) in [5.74, 6) is 0. The van der Waals surface area contributed by atoms with E-state index in [0.29, 0.717) is 0 Å². The molecule has 0 heterocycles. The molecule has 0 spiro atoms. The third-order valence-corrected chi connectivity index (χ3v) is 0. The molecule has 0 atom stereocenters. The molecule has 0 aliphatic heterocycles. The van der Waals surface area contributed by atoms with Crippen molar-refractivity contribution >= 4 is 28.1 Å². The van der Waals surface area contributed by atoms with Crippen LogP contribution in [-0.2, 0) is 20.8 Å². The predicted octanol–water partition coefficient (Wildman–Crippen LogP) is -10.0. The molecule has 0 aromatic carbocycles. The van der Waals surface area contributed by atoms with Crippen molar-refractivity contribution in [2.75, 3.05) is 0 Å². The Hall–Kier alpha value is 2.32. The molecule has 0 saturated carbocycles. The molecular formula is H5BKNaO11S2. The molecular weight excluding hydrogens is 313 g/mol. The largest absolute Gasteiger partial charge is 1.00 e. The van der Waals surface area contributed by atoms with Gasteiger partial charge >= 0.3 is 98.7 Å². The summed E-state index contributed by atoms with van der Waals surface area (Å²) in [5, 5.41) is 21.5. The fraction of sp³-hybridized carbons (Fsp3) is 0. The fourth-order valence-corrected chi connectivity index (χ4v) is 0. The van der Waals surface area contributed by atoms with E-state index in [-0.39, 0.29) is 80.9 Å². The van der Waals surface area contributed by atoms with Gasteiger partial charge in [-0.3, -0.25) is 17.5 Å². The van der Waals surface area contributed by atoms with E-state index in [4.69, 9.17) is 50.1 Å². The molecule has 0 aliphatic rings. The summed E-state index contributed by atoms with van der Waals surface area (Å²) in [6, 6.07) is 0. The molecule has 0 fully saturated rings. The van der Waals surface area contributed by atoms with Gasteiger partial charge in [0.1, 0.15) is 0 Å². The van der Waals surface area contributed by atoms with E-state index < -0.39 is 28.1 Å². The zero-order chi connectivity index (χ0) is 12.6. The predicted molar refractivity (Wildman–Crippen MR) is 37.1 cm³/mol. The normalized spacial score (nSPS) is 8.94. The van der Waals surface area contributed by atoms with Crippen LogP contribution in [0.3, 0.4) is 0 Å². The van der Waals surface area contributed by atoms with Gasteiger partial charge in [0, 0.05) is 10.4 Å². The van der Waals surface area contributed by atoms with Crippen LogP contribution in [0.1, 0.15) is 0 Å². The van der Waals surface area contributed by atoms with Crippen molar-refractivity contribution < 1.29 is 131 Å². The molecule has 0 unspecified atom stereocenters. The van der Waals surface area contributed by atoms with Crippen LogP contribution in [0.5, 0.6) is 0 Å². The maximum atomic E-state index is 8.74. The Balaban J connectivity index is -0.0000000358. The van der Waals surface area contributed by atoms with Gasteiger partial charge in [-0.2, -0.15) is 8.42 Å². The summed E-state index contributed by atoms with van der Waals surface area (Å²) in [7, 11) is -12.0. The molecule has 5 N–H and O–H groups in total. The van der Waals surface area contributed by atoms with Crippen molar-refractivity contribution in [3.05, 3.63) is 0 Å². The molecule has 0 aromatic rings. The van der Waals surface area contributed by atoms with Crippen molar-refractivity contribution in [3.8, 4) is 0 Å². The maximum absolute atomic E-state index is 8.74. The van der Waals surface area contributed by atoms with E-state index in [0.717, 1.165) is 0 Å². The average molecular weight is 318 g/mol. The molecule has 16 heavy (non-hydrogen) atoms. The summed E-state index contributed by atoms with van der Waals surface area (Å²) >= 11 is 0. The Labute approximate surface area is 156 Å². The quantitative estimate of drug-likeness (QED) is 0.160. The van der Waals surface area contributed by atoms with Crippen molar-refractivity contribution in [2.24, 2.45) is 0 Å². The number of hydrogen-bond donors (Lipinski definition) is 5. The van der Waals surface area contributed by atoms with Crippen LogP contribution in [0.4, 0.5) is 0 Å². The Bertz CT molecular complexity index is 254.